The third-order valence-electron chi connectivity index (χ3n) is 4.38. The van der Waals surface area contributed by atoms with Crippen molar-refractivity contribution in [2.75, 3.05) is 0 Å². The first-order valence-corrected chi connectivity index (χ1v) is 8.26. The molecule has 1 heterocycles. The van der Waals surface area contributed by atoms with Crippen molar-refractivity contribution in [3.05, 3.63) is 83.4 Å². The Hall–Kier alpha value is -3.80. The van der Waals surface area contributed by atoms with Gasteiger partial charge in [-0.05, 0) is 11.6 Å². The molecule has 2 aromatic carbocycles. The number of para-hydroxylation sites is 1. The van der Waals surface area contributed by atoms with Crippen molar-refractivity contribution < 1.29 is 24.5 Å². The fourth-order valence-electron chi connectivity index (χ4n) is 3.06. The van der Waals surface area contributed by atoms with E-state index in [1.807, 2.05) is 30.3 Å². The molecule has 6 heteroatoms. The van der Waals surface area contributed by atoms with Gasteiger partial charge in [0.15, 0.2) is 11.5 Å². The van der Waals surface area contributed by atoms with Crippen LogP contribution in [-0.2, 0) is 16.2 Å². The normalized spacial score (nSPS) is 14.6. The second-order valence-electron chi connectivity index (χ2n) is 6.10. The lowest BCUT2D eigenvalue weighted by Gasteiger charge is -2.12. The predicted octanol–water partition coefficient (Wildman–Crippen LogP) is 3.61. The van der Waals surface area contributed by atoms with Crippen LogP contribution in [0.3, 0.4) is 0 Å². The minimum absolute atomic E-state index is 0.230. The molecule has 0 amide bonds. The highest BCUT2D eigenvalue weighted by molar-refractivity contribution is 6.38. The molecule has 0 radical (unpaired) electrons. The Labute approximate surface area is 154 Å². The number of nitrogens with one attached hydrogen (secondary N) is 1. The van der Waals surface area contributed by atoms with Crippen LogP contribution < -0.4 is 4.74 Å². The SMILES string of the molecule is O=C1C=C(O)C(=O)C(c2c[nH]c3c(OCc4ccccc4)cccc23)=C1O. The highest BCUT2D eigenvalue weighted by Gasteiger charge is 2.31. The molecule has 0 bridgehead atoms. The summed E-state index contributed by atoms with van der Waals surface area (Å²) in [7, 11) is 0. The molecular formula is C21H15NO5. The number of benzene rings is 2. The molecule has 0 spiro atoms. The maximum Gasteiger partial charge on any atom is 0.231 e. The fraction of sp³-hybridized carbons (Fsp3) is 0.0476. The number of ketones is 2. The third kappa shape index (κ3) is 2.87. The number of carbonyl (C=O) groups excluding carboxylic acids is 2. The molecule has 0 atom stereocenters. The maximum atomic E-state index is 12.3. The smallest absolute Gasteiger partial charge is 0.231 e. The lowest BCUT2D eigenvalue weighted by atomic mass is 9.93. The van der Waals surface area contributed by atoms with Crippen molar-refractivity contribution in [1.29, 1.82) is 0 Å². The summed E-state index contributed by atoms with van der Waals surface area (Å²) in [6.45, 7) is 0.364. The van der Waals surface area contributed by atoms with Crippen molar-refractivity contribution in [3.63, 3.8) is 0 Å². The van der Waals surface area contributed by atoms with Gasteiger partial charge in [-0.3, -0.25) is 9.59 Å². The molecular weight excluding hydrogens is 346 g/mol. The molecule has 0 aliphatic heterocycles. The first-order valence-electron chi connectivity index (χ1n) is 8.26. The fourth-order valence-corrected chi connectivity index (χ4v) is 3.06. The Kier molecular flexibility index (Phi) is 4.01. The summed E-state index contributed by atoms with van der Waals surface area (Å²) in [6.07, 6.45) is 2.22. The van der Waals surface area contributed by atoms with Gasteiger partial charge in [-0.15, -0.1) is 0 Å². The summed E-state index contributed by atoms with van der Waals surface area (Å²) in [4.78, 5) is 27.1. The topological polar surface area (TPSA) is 99.6 Å². The van der Waals surface area contributed by atoms with Crippen molar-refractivity contribution in [1.82, 2.24) is 4.98 Å². The van der Waals surface area contributed by atoms with Crippen molar-refractivity contribution >= 4 is 28.0 Å². The standard InChI is InChI=1S/C21H15NO5/c23-15-9-16(24)21(26)18(20(15)25)14-10-22-19-13(14)7-4-8-17(19)27-11-12-5-2-1-3-6-12/h1-10,22-23,26H,11H2. The molecule has 1 aromatic heterocycles. The first kappa shape index (κ1) is 16.7. The van der Waals surface area contributed by atoms with Gasteiger partial charge in [0.25, 0.3) is 0 Å². The Balaban J connectivity index is 1.74. The molecule has 1 aliphatic rings. The molecule has 0 fully saturated rings. The number of aliphatic hydroxyl groups is 2. The lowest BCUT2D eigenvalue weighted by Crippen LogP contribution is -2.18. The number of allylic oxidation sites excluding steroid dienone is 2. The average molecular weight is 361 g/mol. The van der Waals surface area contributed by atoms with Gasteiger partial charge in [0.2, 0.25) is 11.6 Å². The Bertz CT molecular complexity index is 1120. The van der Waals surface area contributed by atoms with Gasteiger partial charge in [0.05, 0.1) is 11.1 Å². The van der Waals surface area contributed by atoms with Gasteiger partial charge in [-0.25, -0.2) is 0 Å². The van der Waals surface area contributed by atoms with Crippen LogP contribution in [0.15, 0.2) is 72.3 Å². The number of Topliss-reactive ketones (excluding diaryl/α,β-unsaturated/α-hetero) is 1. The molecule has 0 saturated carbocycles. The average Bonchev–Trinajstić information content (AvgIpc) is 3.10. The monoisotopic (exact) mass is 361 g/mol. The highest BCUT2D eigenvalue weighted by Crippen LogP contribution is 2.35. The first-order chi connectivity index (χ1) is 13.1. The number of hydrogen-bond donors (Lipinski definition) is 3. The van der Waals surface area contributed by atoms with E-state index >= 15 is 0 Å². The molecule has 4 rings (SSSR count). The number of aliphatic hydroxyl groups excluding tert-OH is 2. The van der Waals surface area contributed by atoms with E-state index in [9.17, 15) is 19.8 Å². The maximum absolute atomic E-state index is 12.3. The zero-order valence-corrected chi connectivity index (χ0v) is 14.1. The molecule has 27 heavy (non-hydrogen) atoms. The summed E-state index contributed by atoms with van der Waals surface area (Å²) < 4.78 is 5.88. The second-order valence-corrected chi connectivity index (χ2v) is 6.10. The highest BCUT2D eigenvalue weighted by atomic mass is 16.5. The van der Waals surface area contributed by atoms with Crippen molar-refractivity contribution in [2.24, 2.45) is 0 Å². The van der Waals surface area contributed by atoms with Crippen LogP contribution in [0.5, 0.6) is 5.75 Å². The number of ether oxygens (including phenoxy) is 1. The van der Waals surface area contributed by atoms with Crippen LogP contribution in [0.4, 0.5) is 0 Å². The Morgan fingerprint density at radius 1 is 0.963 bits per heavy atom. The summed E-state index contributed by atoms with van der Waals surface area (Å²) in [5.41, 5.74) is 1.72. The minimum atomic E-state index is -0.812. The van der Waals surface area contributed by atoms with Crippen molar-refractivity contribution in [2.45, 2.75) is 6.61 Å². The zero-order chi connectivity index (χ0) is 19.0. The molecule has 0 saturated heterocycles. The van der Waals surface area contributed by atoms with E-state index in [0.29, 0.717) is 34.9 Å². The lowest BCUT2D eigenvalue weighted by molar-refractivity contribution is -0.117. The van der Waals surface area contributed by atoms with Gasteiger partial charge >= 0.3 is 0 Å². The van der Waals surface area contributed by atoms with Crippen LogP contribution in [0.1, 0.15) is 11.1 Å². The van der Waals surface area contributed by atoms with Crippen LogP contribution >= 0.6 is 0 Å². The Morgan fingerprint density at radius 2 is 1.74 bits per heavy atom. The van der Waals surface area contributed by atoms with E-state index in [-0.39, 0.29) is 5.57 Å². The van der Waals surface area contributed by atoms with E-state index in [0.717, 1.165) is 5.56 Å². The van der Waals surface area contributed by atoms with Gasteiger partial charge in [0.1, 0.15) is 12.4 Å². The number of aromatic amines is 1. The number of H-pyrrole nitrogens is 1. The van der Waals surface area contributed by atoms with E-state index in [4.69, 9.17) is 4.74 Å². The summed E-state index contributed by atoms with van der Waals surface area (Å²) in [6, 6.07) is 14.9. The molecule has 3 aromatic rings. The van der Waals surface area contributed by atoms with Gasteiger partial charge in [0, 0.05) is 23.2 Å². The second kappa shape index (κ2) is 6.49. The largest absolute Gasteiger partial charge is 0.504 e. The molecule has 6 nitrogen and oxygen atoms in total. The molecule has 0 unspecified atom stereocenters. The summed E-state index contributed by atoms with van der Waals surface area (Å²) >= 11 is 0. The summed E-state index contributed by atoms with van der Waals surface area (Å²) in [5, 5.41) is 20.4. The summed E-state index contributed by atoms with van der Waals surface area (Å²) in [5.74, 6) is -2.43. The Morgan fingerprint density at radius 3 is 2.52 bits per heavy atom. The van der Waals surface area contributed by atoms with Crippen LogP contribution in [0.25, 0.3) is 16.5 Å². The number of rotatable bonds is 4. The van der Waals surface area contributed by atoms with E-state index in [1.54, 1.807) is 18.2 Å². The quantitative estimate of drug-likeness (QED) is 0.617. The number of carbonyl (C=O) groups is 2. The number of fused-ring (bicyclic) bond motifs is 1. The van der Waals surface area contributed by atoms with Crippen LogP contribution in [-0.4, -0.2) is 26.8 Å². The third-order valence-corrected chi connectivity index (χ3v) is 4.38. The van der Waals surface area contributed by atoms with Gasteiger partial charge < -0.3 is 19.9 Å². The number of aromatic nitrogens is 1. The van der Waals surface area contributed by atoms with E-state index in [1.165, 1.54) is 6.20 Å². The molecule has 3 N–H and O–H groups in total. The predicted molar refractivity (Wildman–Crippen MR) is 99.3 cm³/mol. The van der Waals surface area contributed by atoms with E-state index in [2.05, 4.69) is 4.98 Å². The van der Waals surface area contributed by atoms with Gasteiger partial charge in [-0.2, -0.15) is 0 Å². The minimum Gasteiger partial charge on any atom is -0.504 e. The van der Waals surface area contributed by atoms with Crippen LogP contribution in [0.2, 0.25) is 0 Å². The van der Waals surface area contributed by atoms with Gasteiger partial charge in [-0.1, -0.05) is 42.5 Å². The van der Waals surface area contributed by atoms with Crippen LogP contribution in [0, 0.1) is 0 Å². The zero-order valence-electron chi connectivity index (χ0n) is 14.1. The molecule has 1 aliphatic carbocycles. The van der Waals surface area contributed by atoms with E-state index < -0.39 is 23.1 Å². The molecule has 134 valence electrons. The van der Waals surface area contributed by atoms with Crippen molar-refractivity contribution in [3.8, 4) is 5.75 Å². The number of hydrogen-bond acceptors (Lipinski definition) is 5.